The van der Waals surface area contributed by atoms with Crippen molar-refractivity contribution in [3.63, 3.8) is 0 Å². The summed E-state index contributed by atoms with van der Waals surface area (Å²) in [4.78, 5) is 12.5. The molecule has 20 heavy (non-hydrogen) atoms. The largest absolute Gasteiger partial charge is 0.486 e. The summed E-state index contributed by atoms with van der Waals surface area (Å²) in [6.45, 7) is 1.01. The summed E-state index contributed by atoms with van der Waals surface area (Å²) in [6.07, 6.45) is 0. The highest BCUT2D eigenvalue weighted by Crippen LogP contribution is 2.32. The van der Waals surface area contributed by atoms with Gasteiger partial charge in [-0.05, 0) is 36.4 Å². The Balaban J connectivity index is 2.00. The molecule has 0 atom stereocenters. The Morgan fingerprint density at radius 1 is 1.05 bits per heavy atom. The number of ether oxygens (including phenoxy) is 2. The van der Waals surface area contributed by atoms with Gasteiger partial charge in [0, 0.05) is 15.6 Å². The van der Waals surface area contributed by atoms with Gasteiger partial charge >= 0.3 is 0 Å². The zero-order valence-electron chi connectivity index (χ0n) is 10.4. The molecule has 3 rings (SSSR count). The maximum atomic E-state index is 12.5. The van der Waals surface area contributed by atoms with E-state index in [1.54, 1.807) is 36.4 Å². The van der Waals surface area contributed by atoms with E-state index >= 15 is 0 Å². The lowest BCUT2D eigenvalue weighted by Crippen LogP contribution is -2.16. The number of rotatable bonds is 2. The van der Waals surface area contributed by atoms with Crippen molar-refractivity contribution >= 4 is 33.3 Å². The molecule has 0 radical (unpaired) electrons. The van der Waals surface area contributed by atoms with Crippen molar-refractivity contribution in [2.75, 3.05) is 13.2 Å². The summed E-state index contributed by atoms with van der Waals surface area (Å²) in [5, 5.41) is 0.424. The summed E-state index contributed by atoms with van der Waals surface area (Å²) in [6, 6.07) is 10.3. The number of fused-ring (bicyclic) bond motifs is 1. The highest BCUT2D eigenvalue weighted by atomic mass is 79.9. The van der Waals surface area contributed by atoms with Crippen molar-refractivity contribution < 1.29 is 14.3 Å². The van der Waals surface area contributed by atoms with Crippen LogP contribution in [-0.4, -0.2) is 19.0 Å². The first-order chi connectivity index (χ1) is 9.65. The first-order valence-electron chi connectivity index (χ1n) is 6.04. The van der Waals surface area contributed by atoms with Crippen LogP contribution in [0.5, 0.6) is 11.5 Å². The minimum Gasteiger partial charge on any atom is -0.486 e. The van der Waals surface area contributed by atoms with Crippen molar-refractivity contribution in [3.8, 4) is 11.5 Å². The Bertz CT molecular complexity index is 685. The Kier molecular flexibility index (Phi) is 3.68. The van der Waals surface area contributed by atoms with Crippen LogP contribution in [0.4, 0.5) is 0 Å². The Morgan fingerprint density at radius 2 is 1.80 bits per heavy atom. The quantitative estimate of drug-likeness (QED) is 0.762. The lowest BCUT2D eigenvalue weighted by Gasteiger charge is -2.18. The molecular formula is C15H10BrClO3. The van der Waals surface area contributed by atoms with Gasteiger partial charge in [0.15, 0.2) is 17.3 Å². The van der Waals surface area contributed by atoms with Crippen LogP contribution >= 0.6 is 27.5 Å². The molecule has 102 valence electrons. The molecule has 0 aliphatic carbocycles. The predicted molar refractivity (Wildman–Crippen MR) is 80.0 cm³/mol. The Labute approximate surface area is 129 Å². The number of ketones is 1. The summed E-state index contributed by atoms with van der Waals surface area (Å²) in [7, 11) is 0. The van der Waals surface area contributed by atoms with Crippen molar-refractivity contribution in [3.05, 3.63) is 57.0 Å². The maximum Gasteiger partial charge on any atom is 0.194 e. The SMILES string of the molecule is O=C(c1ccc2c(c1)OCCO2)c1cc(Br)ccc1Cl. The number of hydrogen-bond donors (Lipinski definition) is 0. The van der Waals surface area contributed by atoms with Crippen LogP contribution in [0.1, 0.15) is 15.9 Å². The second-order valence-electron chi connectivity index (χ2n) is 4.31. The van der Waals surface area contributed by atoms with Crippen LogP contribution in [-0.2, 0) is 0 Å². The van der Waals surface area contributed by atoms with Crippen molar-refractivity contribution in [1.82, 2.24) is 0 Å². The van der Waals surface area contributed by atoms with Crippen LogP contribution in [0.25, 0.3) is 0 Å². The van der Waals surface area contributed by atoms with Crippen LogP contribution in [0.3, 0.4) is 0 Å². The number of carbonyl (C=O) groups is 1. The van der Waals surface area contributed by atoms with Gasteiger partial charge in [-0.2, -0.15) is 0 Å². The molecule has 0 bridgehead atoms. The lowest BCUT2D eigenvalue weighted by molar-refractivity contribution is 0.103. The van der Waals surface area contributed by atoms with Crippen LogP contribution < -0.4 is 9.47 Å². The number of carbonyl (C=O) groups excluding carboxylic acids is 1. The molecule has 2 aromatic carbocycles. The fourth-order valence-corrected chi connectivity index (χ4v) is 2.58. The summed E-state index contributed by atoms with van der Waals surface area (Å²) < 4.78 is 11.7. The molecule has 1 aliphatic rings. The smallest absolute Gasteiger partial charge is 0.194 e. The van der Waals surface area contributed by atoms with Gasteiger partial charge in [-0.25, -0.2) is 0 Å². The average molecular weight is 354 g/mol. The molecule has 0 aromatic heterocycles. The molecule has 1 heterocycles. The highest BCUT2D eigenvalue weighted by Gasteiger charge is 2.18. The fourth-order valence-electron chi connectivity index (χ4n) is 2.01. The topological polar surface area (TPSA) is 35.5 Å². The standard InChI is InChI=1S/C15H10BrClO3/c16-10-2-3-12(17)11(8-10)15(18)9-1-4-13-14(7-9)20-6-5-19-13/h1-4,7-8H,5-6H2. The molecule has 0 fully saturated rings. The second-order valence-corrected chi connectivity index (χ2v) is 5.63. The lowest BCUT2D eigenvalue weighted by atomic mass is 10.0. The van der Waals surface area contributed by atoms with Gasteiger partial charge in [-0.15, -0.1) is 0 Å². The average Bonchev–Trinajstić information content (AvgIpc) is 2.48. The number of benzene rings is 2. The molecule has 2 aromatic rings. The van der Waals surface area contributed by atoms with Crippen molar-refractivity contribution in [2.24, 2.45) is 0 Å². The van der Waals surface area contributed by atoms with Crippen molar-refractivity contribution in [1.29, 1.82) is 0 Å². The first-order valence-corrected chi connectivity index (χ1v) is 7.21. The number of hydrogen-bond acceptors (Lipinski definition) is 3. The summed E-state index contributed by atoms with van der Waals surface area (Å²) in [5.41, 5.74) is 0.979. The van der Waals surface area contributed by atoms with E-state index in [0.29, 0.717) is 40.9 Å². The zero-order valence-corrected chi connectivity index (χ0v) is 12.7. The molecule has 5 heteroatoms. The molecule has 0 unspecified atom stereocenters. The minimum absolute atomic E-state index is 0.145. The third kappa shape index (κ3) is 2.53. The van der Waals surface area contributed by atoms with Gasteiger partial charge in [0.05, 0.1) is 5.02 Å². The van der Waals surface area contributed by atoms with Crippen LogP contribution in [0.2, 0.25) is 5.02 Å². The van der Waals surface area contributed by atoms with E-state index < -0.39 is 0 Å². The number of halogens is 2. The molecule has 0 N–H and O–H groups in total. The molecule has 0 saturated carbocycles. The van der Waals surface area contributed by atoms with Gasteiger partial charge in [0.2, 0.25) is 0 Å². The van der Waals surface area contributed by atoms with Gasteiger partial charge in [-0.3, -0.25) is 4.79 Å². The molecule has 0 saturated heterocycles. The summed E-state index contributed by atoms with van der Waals surface area (Å²) >= 11 is 9.43. The second kappa shape index (κ2) is 5.46. The Hall–Kier alpha value is -1.52. The van der Waals surface area contributed by atoms with Gasteiger partial charge < -0.3 is 9.47 Å². The van der Waals surface area contributed by atoms with Crippen molar-refractivity contribution in [2.45, 2.75) is 0 Å². The van der Waals surface area contributed by atoms with E-state index in [1.807, 2.05) is 0 Å². The van der Waals surface area contributed by atoms with E-state index in [0.717, 1.165) is 4.47 Å². The van der Waals surface area contributed by atoms with Gasteiger partial charge in [0.25, 0.3) is 0 Å². The van der Waals surface area contributed by atoms with E-state index in [9.17, 15) is 4.79 Å². The normalized spacial score (nSPS) is 13.1. The highest BCUT2D eigenvalue weighted by molar-refractivity contribution is 9.10. The molecule has 1 aliphatic heterocycles. The van der Waals surface area contributed by atoms with Crippen LogP contribution in [0, 0.1) is 0 Å². The predicted octanol–water partition coefficient (Wildman–Crippen LogP) is 4.10. The first kappa shape index (κ1) is 13.5. The van der Waals surface area contributed by atoms with E-state index in [2.05, 4.69) is 15.9 Å². The van der Waals surface area contributed by atoms with Crippen LogP contribution in [0.15, 0.2) is 40.9 Å². The zero-order chi connectivity index (χ0) is 14.1. The minimum atomic E-state index is -0.145. The maximum absolute atomic E-state index is 12.5. The molecule has 3 nitrogen and oxygen atoms in total. The van der Waals surface area contributed by atoms with Gasteiger partial charge in [0.1, 0.15) is 13.2 Å². The van der Waals surface area contributed by atoms with E-state index in [4.69, 9.17) is 21.1 Å². The third-order valence-corrected chi connectivity index (χ3v) is 3.80. The van der Waals surface area contributed by atoms with E-state index in [-0.39, 0.29) is 5.78 Å². The Morgan fingerprint density at radius 3 is 2.60 bits per heavy atom. The molecule has 0 spiro atoms. The summed E-state index contributed by atoms with van der Waals surface area (Å²) in [5.74, 6) is 1.11. The third-order valence-electron chi connectivity index (χ3n) is 2.98. The molecule has 0 amide bonds. The fraction of sp³-hybridized carbons (Fsp3) is 0.133. The monoisotopic (exact) mass is 352 g/mol. The molecular weight excluding hydrogens is 344 g/mol. The van der Waals surface area contributed by atoms with Gasteiger partial charge in [-0.1, -0.05) is 27.5 Å². The van der Waals surface area contributed by atoms with E-state index in [1.165, 1.54) is 0 Å².